The number of carbonyl (C=O) groups is 4. The minimum absolute atomic E-state index is 0.0367. The maximum absolute atomic E-state index is 12.7. The maximum atomic E-state index is 12.7. The van der Waals surface area contributed by atoms with Crippen LogP contribution < -0.4 is 0 Å². The highest BCUT2D eigenvalue weighted by atomic mass is 16.6. The molecule has 0 aromatic carbocycles. The number of allylic oxidation sites excluding steroid dienone is 8. The average molecular weight is 813 g/mol. The number of carbonyl (C=O) groups excluding carboxylic acids is 4. The molecule has 0 unspecified atom stereocenters. The van der Waals surface area contributed by atoms with E-state index in [-0.39, 0.29) is 43.8 Å². The summed E-state index contributed by atoms with van der Waals surface area (Å²) in [7, 11) is 0. The Balaban J connectivity index is 4.46. The molecule has 0 aliphatic carbocycles. The van der Waals surface area contributed by atoms with Gasteiger partial charge >= 0.3 is 17.9 Å². The fourth-order valence-corrected chi connectivity index (χ4v) is 6.51. The van der Waals surface area contributed by atoms with Crippen LogP contribution in [-0.4, -0.2) is 43.0 Å². The fourth-order valence-electron chi connectivity index (χ4n) is 6.51. The summed E-state index contributed by atoms with van der Waals surface area (Å²) in [4.78, 5) is 50.1. The second-order valence-electron chi connectivity index (χ2n) is 16.0. The van der Waals surface area contributed by atoms with Crippen LogP contribution in [0.25, 0.3) is 0 Å². The summed E-state index contributed by atoms with van der Waals surface area (Å²) < 4.78 is 16.5. The number of ketones is 1. The molecule has 0 saturated heterocycles. The molecule has 0 radical (unpaired) electrons. The van der Waals surface area contributed by atoms with Crippen LogP contribution in [0.5, 0.6) is 0 Å². The lowest BCUT2D eigenvalue weighted by Crippen LogP contribution is -2.31. The molecule has 0 saturated carbocycles. The highest BCUT2D eigenvalue weighted by molar-refractivity contribution is 5.83. The number of ether oxygens (including phenoxy) is 3. The predicted octanol–water partition coefficient (Wildman–Crippen LogP) is 14.7. The van der Waals surface area contributed by atoms with Crippen molar-refractivity contribution < 1.29 is 33.4 Å². The van der Waals surface area contributed by atoms with Crippen LogP contribution in [0.2, 0.25) is 0 Å². The molecule has 7 nitrogen and oxygen atoms in total. The molecule has 0 fully saturated rings. The molecule has 0 aromatic rings. The van der Waals surface area contributed by atoms with E-state index in [0.717, 1.165) is 109 Å². The van der Waals surface area contributed by atoms with Crippen molar-refractivity contribution in [1.82, 2.24) is 0 Å². The lowest BCUT2D eigenvalue weighted by Gasteiger charge is -2.18. The maximum Gasteiger partial charge on any atom is 0.306 e. The van der Waals surface area contributed by atoms with Crippen molar-refractivity contribution in [2.45, 2.75) is 239 Å². The first-order valence-electron chi connectivity index (χ1n) is 24.0. The van der Waals surface area contributed by atoms with Crippen LogP contribution in [-0.2, 0) is 33.4 Å². The van der Waals surface area contributed by atoms with Crippen LogP contribution in [0, 0.1) is 0 Å². The Morgan fingerprint density at radius 2 is 0.707 bits per heavy atom. The van der Waals surface area contributed by atoms with Gasteiger partial charge in [0.2, 0.25) is 0 Å². The van der Waals surface area contributed by atoms with Gasteiger partial charge in [-0.1, -0.05) is 166 Å². The summed E-state index contributed by atoms with van der Waals surface area (Å²) in [6.45, 7) is 6.29. The smallest absolute Gasteiger partial charge is 0.306 e. The third-order valence-corrected chi connectivity index (χ3v) is 10.2. The van der Waals surface area contributed by atoms with Gasteiger partial charge in [-0.05, 0) is 83.5 Å². The summed E-state index contributed by atoms with van der Waals surface area (Å²) in [5.74, 6) is -1.19. The largest absolute Gasteiger partial charge is 0.462 e. The van der Waals surface area contributed by atoms with Crippen molar-refractivity contribution >= 4 is 23.7 Å². The molecule has 0 rings (SSSR count). The molecule has 0 atom stereocenters. The fraction of sp³-hybridized carbons (Fsp3) is 0.765. The number of hydrogen-bond acceptors (Lipinski definition) is 7. The highest BCUT2D eigenvalue weighted by Gasteiger charge is 2.20. The molecular weight excluding hydrogens is 725 g/mol. The van der Waals surface area contributed by atoms with Gasteiger partial charge in [0.1, 0.15) is 19.0 Å². The van der Waals surface area contributed by atoms with E-state index in [1.165, 1.54) is 70.6 Å². The first-order chi connectivity index (χ1) is 28.4. The molecule has 0 aliphatic rings. The Kier molecular flexibility index (Phi) is 42.8. The van der Waals surface area contributed by atoms with E-state index in [1.807, 2.05) is 0 Å². The number of unbranched alkanes of at least 4 members (excludes halogenated alkanes) is 21. The van der Waals surface area contributed by atoms with Crippen LogP contribution in [0.4, 0.5) is 0 Å². The molecule has 0 spiro atoms. The van der Waals surface area contributed by atoms with Crippen molar-refractivity contribution in [3.63, 3.8) is 0 Å². The van der Waals surface area contributed by atoms with Crippen molar-refractivity contribution in [2.24, 2.45) is 0 Å². The van der Waals surface area contributed by atoms with Gasteiger partial charge in [0, 0.05) is 25.7 Å². The monoisotopic (exact) mass is 813 g/mol. The van der Waals surface area contributed by atoms with Gasteiger partial charge in [-0.15, -0.1) is 0 Å². The van der Waals surface area contributed by atoms with Gasteiger partial charge in [0.25, 0.3) is 0 Å². The van der Waals surface area contributed by atoms with Crippen molar-refractivity contribution in [3.8, 4) is 0 Å². The van der Waals surface area contributed by atoms with Gasteiger partial charge in [0.15, 0.2) is 6.10 Å². The first-order valence-corrected chi connectivity index (χ1v) is 24.0. The molecule has 0 aliphatic heterocycles. The molecule has 0 amide bonds. The van der Waals surface area contributed by atoms with E-state index in [0.29, 0.717) is 19.3 Å². The Bertz CT molecular complexity index is 1030. The molecule has 0 N–H and O–H groups in total. The van der Waals surface area contributed by atoms with Gasteiger partial charge in [0.05, 0.1) is 6.42 Å². The first kappa shape index (κ1) is 55.0. The second kappa shape index (κ2) is 45.1. The predicted molar refractivity (Wildman–Crippen MR) is 243 cm³/mol. The van der Waals surface area contributed by atoms with E-state index in [2.05, 4.69) is 69.4 Å². The number of Topliss-reactive ketones (excluding diaryl/α,β-unsaturated/α-hetero) is 1. The topological polar surface area (TPSA) is 96.0 Å². The van der Waals surface area contributed by atoms with Crippen molar-refractivity contribution in [1.29, 1.82) is 0 Å². The van der Waals surface area contributed by atoms with E-state index >= 15 is 0 Å². The Hall–Kier alpha value is -2.96. The second-order valence-corrected chi connectivity index (χ2v) is 16.0. The minimum atomic E-state index is -0.900. The Morgan fingerprint density at radius 1 is 0.362 bits per heavy atom. The summed E-state index contributed by atoms with van der Waals surface area (Å²) in [5.41, 5.74) is 0. The number of rotatable bonds is 43. The average Bonchev–Trinajstić information content (AvgIpc) is 3.22. The van der Waals surface area contributed by atoms with Gasteiger partial charge in [-0.2, -0.15) is 0 Å². The van der Waals surface area contributed by atoms with Crippen LogP contribution in [0.15, 0.2) is 48.6 Å². The van der Waals surface area contributed by atoms with Crippen LogP contribution in [0.1, 0.15) is 233 Å². The van der Waals surface area contributed by atoms with E-state index in [1.54, 1.807) is 0 Å². The zero-order valence-corrected chi connectivity index (χ0v) is 37.8. The molecule has 7 heteroatoms. The van der Waals surface area contributed by atoms with E-state index < -0.39 is 12.1 Å². The van der Waals surface area contributed by atoms with Crippen molar-refractivity contribution in [2.75, 3.05) is 13.2 Å². The quantitative estimate of drug-likeness (QED) is 0.0262. The molecule has 58 heavy (non-hydrogen) atoms. The standard InChI is InChI=1S/C51H88O7/c1-4-7-10-13-16-18-20-22-24-26-28-30-32-35-38-41-49(53)56-45-48(58-51(55)44-43-47(52)40-37-34-15-12-9-6-3)46-57-50(54)42-39-36-33-31-29-27-25-23-21-19-17-14-11-8-5-2/h16-19,22-25,48H,4-15,20-21,26-46H2,1-3H3/b18-16-,19-17-,24-22-,25-23-. The molecule has 0 bridgehead atoms. The summed E-state index contributed by atoms with van der Waals surface area (Å²) in [5, 5.41) is 0. The lowest BCUT2D eigenvalue weighted by atomic mass is 10.1. The Labute approximate surface area is 356 Å². The third-order valence-electron chi connectivity index (χ3n) is 10.2. The number of hydrogen-bond donors (Lipinski definition) is 0. The minimum Gasteiger partial charge on any atom is -0.462 e. The third kappa shape index (κ3) is 42.6. The van der Waals surface area contributed by atoms with Crippen molar-refractivity contribution in [3.05, 3.63) is 48.6 Å². The molecule has 0 aromatic heterocycles. The summed E-state index contributed by atoms with van der Waals surface area (Å²) in [6, 6.07) is 0. The van der Waals surface area contributed by atoms with Crippen LogP contribution in [0.3, 0.4) is 0 Å². The normalized spacial score (nSPS) is 11.9. The SMILES string of the molecule is CCCCC/C=C\C/C=C\CCCCCCCC(=O)OCC(COC(=O)CCCCCCC/C=C\C/C=C\CCCCC)OC(=O)CCC(=O)CCCCCCCC. The molecular formula is C51H88O7. The highest BCUT2D eigenvalue weighted by Crippen LogP contribution is 2.13. The summed E-state index contributed by atoms with van der Waals surface area (Å²) in [6.07, 6.45) is 49.3. The molecule has 334 valence electrons. The van der Waals surface area contributed by atoms with Gasteiger partial charge < -0.3 is 14.2 Å². The van der Waals surface area contributed by atoms with Gasteiger partial charge in [-0.3, -0.25) is 19.2 Å². The summed E-state index contributed by atoms with van der Waals surface area (Å²) >= 11 is 0. The Morgan fingerprint density at radius 3 is 1.14 bits per heavy atom. The van der Waals surface area contributed by atoms with Crippen LogP contribution >= 0.6 is 0 Å². The molecule has 0 heterocycles. The van der Waals surface area contributed by atoms with Gasteiger partial charge in [-0.25, -0.2) is 0 Å². The number of esters is 3. The zero-order valence-electron chi connectivity index (χ0n) is 37.8. The van der Waals surface area contributed by atoms with E-state index in [4.69, 9.17) is 14.2 Å². The lowest BCUT2D eigenvalue weighted by molar-refractivity contribution is -0.167. The van der Waals surface area contributed by atoms with E-state index in [9.17, 15) is 19.2 Å². The zero-order chi connectivity index (χ0) is 42.4.